The molecule has 0 radical (unpaired) electrons. The molecule has 136 valence electrons. The summed E-state index contributed by atoms with van der Waals surface area (Å²) in [6, 6.07) is 7.77. The molecule has 25 heavy (non-hydrogen) atoms. The molecule has 1 fully saturated rings. The van der Waals surface area contributed by atoms with Gasteiger partial charge in [-0.05, 0) is 26.0 Å². The molecular weight excluding hydrogens is 358 g/mol. The molecule has 2 heterocycles. The van der Waals surface area contributed by atoms with Crippen molar-refractivity contribution in [3.8, 4) is 5.75 Å². The average molecular weight is 382 g/mol. The number of aryl methyl sites for hydroxylation is 2. The van der Waals surface area contributed by atoms with Crippen LogP contribution in [0.5, 0.6) is 5.75 Å². The van der Waals surface area contributed by atoms with E-state index in [2.05, 4.69) is 15.3 Å². The number of halogens is 1. The van der Waals surface area contributed by atoms with E-state index in [4.69, 9.17) is 4.74 Å². The molecule has 0 bridgehead atoms. The van der Waals surface area contributed by atoms with E-state index >= 15 is 0 Å². The zero-order valence-corrected chi connectivity index (χ0v) is 16.2. The van der Waals surface area contributed by atoms with Gasteiger partial charge in [0.15, 0.2) is 6.61 Å². The molecule has 1 saturated heterocycles. The van der Waals surface area contributed by atoms with Gasteiger partial charge in [0.05, 0.1) is 6.54 Å². The molecule has 2 aromatic rings. The molecular formula is C18H24ClN3O2S. The third-order valence-corrected chi connectivity index (χ3v) is 5.09. The van der Waals surface area contributed by atoms with Crippen LogP contribution in [0.3, 0.4) is 0 Å². The molecule has 0 aliphatic carbocycles. The van der Waals surface area contributed by atoms with Crippen molar-refractivity contribution >= 4 is 29.7 Å². The van der Waals surface area contributed by atoms with Crippen molar-refractivity contribution in [1.29, 1.82) is 0 Å². The van der Waals surface area contributed by atoms with Gasteiger partial charge in [-0.25, -0.2) is 4.98 Å². The molecule has 3 rings (SSSR count). The maximum Gasteiger partial charge on any atom is 0.260 e. The van der Waals surface area contributed by atoms with E-state index in [1.54, 1.807) is 11.3 Å². The Hall–Kier alpha value is -1.63. The van der Waals surface area contributed by atoms with Gasteiger partial charge in [-0.15, -0.1) is 23.7 Å². The van der Waals surface area contributed by atoms with Crippen molar-refractivity contribution in [3.63, 3.8) is 0 Å². The maximum atomic E-state index is 12.3. The summed E-state index contributed by atoms with van der Waals surface area (Å²) < 4.78 is 5.59. The molecule has 1 amide bonds. The topological polar surface area (TPSA) is 45.7 Å². The fourth-order valence-corrected chi connectivity index (χ4v) is 3.51. The molecule has 0 saturated carbocycles. The van der Waals surface area contributed by atoms with Crippen molar-refractivity contribution in [2.75, 3.05) is 32.8 Å². The lowest BCUT2D eigenvalue weighted by Gasteiger charge is -2.34. The van der Waals surface area contributed by atoms with Gasteiger partial charge in [-0.1, -0.05) is 17.7 Å². The second-order valence-electron chi connectivity index (χ2n) is 6.14. The van der Waals surface area contributed by atoms with E-state index in [0.29, 0.717) is 0 Å². The molecule has 0 spiro atoms. The number of hydrogen-bond acceptors (Lipinski definition) is 5. The SMILES string of the molecule is Cc1ccc(OCC(=O)N2CCN(Cc3nc(C)cs3)CC2)cc1.Cl. The minimum absolute atomic E-state index is 0. The molecule has 0 N–H and O–H groups in total. The van der Waals surface area contributed by atoms with Crippen molar-refractivity contribution in [2.24, 2.45) is 0 Å². The van der Waals surface area contributed by atoms with Crippen molar-refractivity contribution in [3.05, 3.63) is 45.9 Å². The molecule has 1 aromatic heterocycles. The standard InChI is InChI=1S/C18H23N3O2S.ClH/c1-14-3-5-16(6-4-14)23-12-18(22)21-9-7-20(8-10-21)11-17-19-15(2)13-24-17;/h3-6,13H,7-12H2,1-2H3;1H. The highest BCUT2D eigenvalue weighted by molar-refractivity contribution is 7.09. The smallest absolute Gasteiger partial charge is 0.260 e. The highest BCUT2D eigenvalue weighted by Crippen LogP contribution is 2.14. The van der Waals surface area contributed by atoms with Crippen molar-refractivity contribution in [1.82, 2.24) is 14.8 Å². The Morgan fingerprint density at radius 3 is 2.44 bits per heavy atom. The Morgan fingerprint density at radius 2 is 1.84 bits per heavy atom. The third kappa shape index (κ3) is 5.70. The monoisotopic (exact) mass is 381 g/mol. The summed E-state index contributed by atoms with van der Waals surface area (Å²) in [4.78, 5) is 21.0. The first kappa shape index (κ1) is 19.7. The number of hydrogen-bond donors (Lipinski definition) is 0. The van der Waals surface area contributed by atoms with Crippen LogP contribution < -0.4 is 4.74 Å². The lowest BCUT2D eigenvalue weighted by atomic mass is 10.2. The van der Waals surface area contributed by atoms with Crippen molar-refractivity contribution < 1.29 is 9.53 Å². The minimum Gasteiger partial charge on any atom is -0.484 e. The van der Waals surface area contributed by atoms with Gasteiger partial charge in [0, 0.05) is 37.3 Å². The largest absolute Gasteiger partial charge is 0.484 e. The Balaban J connectivity index is 0.00000225. The number of piperazine rings is 1. The van der Waals surface area contributed by atoms with Crippen LogP contribution in [0.25, 0.3) is 0 Å². The highest BCUT2D eigenvalue weighted by atomic mass is 35.5. The van der Waals surface area contributed by atoms with Crippen molar-refractivity contribution in [2.45, 2.75) is 20.4 Å². The number of carbonyl (C=O) groups is 1. The summed E-state index contributed by atoms with van der Waals surface area (Å²) >= 11 is 1.70. The molecule has 1 aromatic carbocycles. The summed E-state index contributed by atoms with van der Waals surface area (Å²) in [5.41, 5.74) is 2.26. The van der Waals surface area contributed by atoms with Crippen LogP contribution in [0.15, 0.2) is 29.6 Å². The summed E-state index contributed by atoms with van der Waals surface area (Å²) in [6.45, 7) is 8.30. The number of nitrogens with zero attached hydrogens (tertiary/aromatic N) is 3. The molecule has 0 unspecified atom stereocenters. The number of ether oxygens (including phenoxy) is 1. The Bertz CT molecular complexity index is 682. The third-order valence-electron chi connectivity index (χ3n) is 4.13. The zero-order chi connectivity index (χ0) is 16.9. The van der Waals surface area contributed by atoms with Crippen LogP contribution in [0.4, 0.5) is 0 Å². The number of amides is 1. The lowest BCUT2D eigenvalue weighted by Crippen LogP contribution is -2.49. The average Bonchev–Trinajstić information content (AvgIpc) is 2.99. The van der Waals surface area contributed by atoms with Gasteiger partial charge in [0.2, 0.25) is 0 Å². The predicted octanol–water partition coefficient (Wildman–Crippen LogP) is 2.90. The van der Waals surface area contributed by atoms with E-state index in [0.717, 1.165) is 49.2 Å². The van der Waals surface area contributed by atoms with Gasteiger partial charge < -0.3 is 9.64 Å². The maximum absolute atomic E-state index is 12.3. The zero-order valence-electron chi connectivity index (χ0n) is 14.6. The summed E-state index contributed by atoms with van der Waals surface area (Å²) in [6.07, 6.45) is 0. The predicted molar refractivity (Wildman–Crippen MR) is 103 cm³/mol. The molecule has 5 nitrogen and oxygen atoms in total. The van der Waals surface area contributed by atoms with Crippen LogP contribution in [0.2, 0.25) is 0 Å². The van der Waals surface area contributed by atoms with E-state index in [9.17, 15) is 4.79 Å². The Labute approximate surface area is 159 Å². The highest BCUT2D eigenvalue weighted by Gasteiger charge is 2.22. The molecule has 7 heteroatoms. The number of rotatable bonds is 5. The quantitative estimate of drug-likeness (QED) is 0.798. The lowest BCUT2D eigenvalue weighted by molar-refractivity contribution is -0.135. The van der Waals surface area contributed by atoms with Gasteiger partial charge in [-0.3, -0.25) is 9.69 Å². The molecule has 1 aliphatic rings. The van der Waals surface area contributed by atoms with E-state index in [1.165, 1.54) is 5.56 Å². The first-order valence-electron chi connectivity index (χ1n) is 8.21. The number of aromatic nitrogens is 1. The number of carbonyl (C=O) groups excluding carboxylic acids is 1. The van der Waals surface area contributed by atoms with E-state index < -0.39 is 0 Å². The summed E-state index contributed by atoms with van der Waals surface area (Å²) in [5, 5.41) is 3.23. The number of benzene rings is 1. The van der Waals surface area contributed by atoms with Crippen LogP contribution >= 0.6 is 23.7 Å². The summed E-state index contributed by atoms with van der Waals surface area (Å²) in [5.74, 6) is 0.798. The van der Waals surface area contributed by atoms with Crippen LogP contribution in [0.1, 0.15) is 16.3 Å². The Morgan fingerprint density at radius 1 is 1.16 bits per heavy atom. The van der Waals surface area contributed by atoms with Gasteiger partial charge in [-0.2, -0.15) is 0 Å². The molecule has 0 atom stereocenters. The van der Waals surface area contributed by atoms with Crippen LogP contribution in [-0.2, 0) is 11.3 Å². The van der Waals surface area contributed by atoms with Crippen LogP contribution in [0, 0.1) is 13.8 Å². The summed E-state index contributed by atoms with van der Waals surface area (Å²) in [7, 11) is 0. The van der Waals surface area contributed by atoms with Crippen LogP contribution in [-0.4, -0.2) is 53.5 Å². The number of thiazole rings is 1. The second kappa shape index (κ2) is 9.17. The fraction of sp³-hybridized carbons (Fsp3) is 0.444. The van der Waals surface area contributed by atoms with E-state index in [1.807, 2.05) is 43.0 Å². The van der Waals surface area contributed by atoms with E-state index in [-0.39, 0.29) is 24.9 Å². The first-order chi connectivity index (χ1) is 11.6. The normalized spacial score (nSPS) is 14.9. The Kier molecular flexibility index (Phi) is 7.23. The first-order valence-corrected chi connectivity index (χ1v) is 9.09. The van der Waals surface area contributed by atoms with Gasteiger partial charge in [0.1, 0.15) is 10.8 Å². The van der Waals surface area contributed by atoms with Gasteiger partial charge >= 0.3 is 0 Å². The molecule has 1 aliphatic heterocycles. The van der Waals surface area contributed by atoms with Gasteiger partial charge in [0.25, 0.3) is 5.91 Å². The minimum atomic E-state index is 0. The second-order valence-corrected chi connectivity index (χ2v) is 7.08. The fourth-order valence-electron chi connectivity index (χ4n) is 2.69.